The van der Waals surface area contributed by atoms with Crippen molar-refractivity contribution in [3.8, 4) is 0 Å². The van der Waals surface area contributed by atoms with Crippen LogP contribution in [0.5, 0.6) is 0 Å². The number of carbonyl (C=O) groups is 1. The number of amides is 1. The summed E-state index contributed by atoms with van der Waals surface area (Å²) in [7, 11) is 0. The van der Waals surface area contributed by atoms with Crippen LogP contribution >= 0.6 is 0 Å². The standard InChI is InChI=1S/C17H27N3O/c1-4-8-14-11-13(12-15(19-14)18-5-2)16(21)20-17(3)9-6-7-10-17/h11-12H,4-10H2,1-3H3,(H,18,19)(H,20,21). The molecule has 1 aromatic heterocycles. The van der Waals surface area contributed by atoms with E-state index in [1.807, 2.05) is 19.1 Å². The highest BCUT2D eigenvalue weighted by molar-refractivity contribution is 5.95. The van der Waals surface area contributed by atoms with E-state index in [2.05, 4.69) is 29.5 Å². The number of carbonyl (C=O) groups excluding carboxylic acids is 1. The average molecular weight is 289 g/mol. The Balaban J connectivity index is 2.18. The highest BCUT2D eigenvalue weighted by Crippen LogP contribution is 2.29. The quantitative estimate of drug-likeness (QED) is 0.842. The number of pyridine rings is 1. The fourth-order valence-electron chi connectivity index (χ4n) is 3.00. The van der Waals surface area contributed by atoms with E-state index < -0.39 is 0 Å². The molecule has 0 bridgehead atoms. The van der Waals surface area contributed by atoms with Crippen molar-refractivity contribution in [2.24, 2.45) is 0 Å². The molecule has 116 valence electrons. The Morgan fingerprint density at radius 3 is 2.62 bits per heavy atom. The lowest BCUT2D eigenvalue weighted by Gasteiger charge is -2.25. The van der Waals surface area contributed by atoms with E-state index in [9.17, 15) is 4.79 Å². The van der Waals surface area contributed by atoms with E-state index in [1.54, 1.807) is 0 Å². The molecule has 0 radical (unpaired) electrons. The summed E-state index contributed by atoms with van der Waals surface area (Å²) >= 11 is 0. The Morgan fingerprint density at radius 1 is 1.29 bits per heavy atom. The molecule has 1 aliphatic rings. The van der Waals surface area contributed by atoms with Gasteiger partial charge in [0.05, 0.1) is 0 Å². The number of nitrogens with one attached hydrogen (secondary N) is 2. The van der Waals surface area contributed by atoms with Crippen LogP contribution < -0.4 is 10.6 Å². The van der Waals surface area contributed by atoms with Crippen LogP contribution in [0.2, 0.25) is 0 Å². The van der Waals surface area contributed by atoms with Crippen LogP contribution in [0.15, 0.2) is 12.1 Å². The van der Waals surface area contributed by atoms with E-state index in [0.29, 0.717) is 0 Å². The van der Waals surface area contributed by atoms with Gasteiger partial charge in [-0.2, -0.15) is 0 Å². The third-order valence-electron chi connectivity index (χ3n) is 4.13. The molecule has 1 saturated carbocycles. The van der Waals surface area contributed by atoms with E-state index in [1.165, 1.54) is 12.8 Å². The van der Waals surface area contributed by atoms with Gasteiger partial charge in [0.25, 0.3) is 5.91 Å². The lowest BCUT2D eigenvalue weighted by molar-refractivity contribution is 0.0908. The van der Waals surface area contributed by atoms with Gasteiger partial charge in [-0.25, -0.2) is 4.98 Å². The van der Waals surface area contributed by atoms with Gasteiger partial charge in [-0.05, 0) is 45.2 Å². The van der Waals surface area contributed by atoms with Crippen molar-refractivity contribution in [1.82, 2.24) is 10.3 Å². The number of nitrogens with zero attached hydrogens (tertiary/aromatic N) is 1. The maximum atomic E-state index is 12.6. The molecule has 4 nitrogen and oxygen atoms in total. The van der Waals surface area contributed by atoms with Gasteiger partial charge in [0, 0.05) is 23.3 Å². The second-order valence-corrected chi connectivity index (χ2v) is 6.23. The molecule has 0 atom stereocenters. The maximum Gasteiger partial charge on any atom is 0.251 e. The first-order valence-electron chi connectivity index (χ1n) is 8.13. The third kappa shape index (κ3) is 4.19. The number of anilines is 1. The largest absolute Gasteiger partial charge is 0.370 e. The van der Waals surface area contributed by atoms with Gasteiger partial charge in [-0.15, -0.1) is 0 Å². The molecule has 21 heavy (non-hydrogen) atoms. The first kappa shape index (κ1) is 15.8. The van der Waals surface area contributed by atoms with Gasteiger partial charge >= 0.3 is 0 Å². The van der Waals surface area contributed by atoms with Crippen LogP contribution in [-0.2, 0) is 6.42 Å². The van der Waals surface area contributed by atoms with Gasteiger partial charge < -0.3 is 10.6 Å². The fraction of sp³-hybridized carbons (Fsp3) is 0.647. The Kier molecular flexibility index (Phi) is 5.21. The van der Waals surface area contributed by atoms with Gasteiger partial charge in [-0.3, -0.25) is 4.79 Å². The molecule has 0 aromatic carbocycles. The number of hydrogen-bond acceptors (Lipinski definition) is 3. The Labute approximate surface area is 127 Å². The monoisotopic (exact) mass is 289 g/mol. The Bertz CT molecular complexity index is 469. The number of aromatic nitrogens is 1. The lowest BCUT2D eigenvalue weighted by Crippen LogP contribution is -2.43. The molecular formula is C17H27N3O. The molecule has 1 aromatic rings. The predicted octanol–water partition coefficient (Wildman–Crippen LogP) is 3.53. The summed E-state index contributed by atoms with van der Waals surface area (Å²) in [5.74, 6) is 0.823. The molecule has 0 spiro atoms. The summed E-state index contributed by atoms with van der Waals surface area (Å²) in [5, 5.41) is 6.43. The summed E-state index contributed by atoms with van der Waals surface area (Å²) < 4.78 is 0. The Hall–Kier alpha value is -1.58. The molecule has 1 fully saturated rings. The van der Waals surface area contributed by atoms with E-state index in [4.69, 9.17) is 0 Å². The summed E-state index contributed by atoms with van der Waals surface area (Å²) in [5.41, 5.74) is 1.67. The van der Waals surface area contributed by atoms with E-state index in [0.717, 1.165) is 49.3 Å². The molecule has 2 N–H and O–H groups in total. The van der Waals surface area contributed by atoms with Crippen molar-refractivity contribution in [1.29, 1.82) is 0 Å². The highest BCUT2D eigenvalue weighted by Gasteiger charge is 2.30. The number of hydrogen-bond donors (Lipinski definition) is 2. The Morgan fingerprint density at radius 2 is 2.00 bits per heavy atom. The van der Waals surface area contributed by atoms with Crippen LogP contribution in [-0.4, -0.2) is 23.0 Å². The van der Waals surface area contributed by atoms with Crippen LogP contribution in [0.25, 0.3) is 0 Å². The molecule has 1 aliphatic carbocycles. The zero-order chi connectivity index (χ0) is 15.3. The number of aryl methyl sites for hydroxylation is 1. The van der Waals surface area contributed by atoms with Crippen LogP contribution in [0, 0.1) is 0 Å². The second kappa shape index (κ2) is 6.92. The van der Waals surface area contributed by atoms with E-state index >= 15 is 0 Å². The lowest BCUT2D eigenvalue weighted by atomic mass is 10.00. The molecule has 0 aliphatic heterocycles. The minimum absolute atomic E-state index is 0.0262. The van der Waals surface area contributed by atoms with Gasteiger partial charge in [0.15, 0.2) is 0 Å². The molecule has 2 rings (SSSR count). The molecule has 0 saturated heterocycles. The summed E-state index contributed by atoms with van der Waals surface area (Å²) in [6.07, 6.45) is 6.49. The minimum Gasteiger partial charge on any atom is -0.370 e. The van der Waals surface area contributed by atoms with Gasteiger partial charge in [0.2, 0.25) is 0 Å². The van der Waals surface area contributed by atoms with Crippen molar-refractivity contribution in [3.63, 3.8) is 0 Å². The normalized spacial score (nSPS) is 16.7. The van der Waals surface area contributed by atoms with Crippen LogP contribution in [0.4, 0.5) is 5.82 Å². The first-order valence-corrected chi connectivity index (χ1v) is 8.13. The second-order valence-electron chi connectivity index (χ2n) is 6.23. The van der Waals surface area contributed by atoms with Crippen molar-refractivity contribution in [2.75, 3.05) is 11.9 Å². The smallest absolute Gasteiger partial charge is 0.251 e. The summed E-state index contributed by atoms with van der Waals surface area (Å²) in [4.78, 5) is 17.1. The SMILES string of the molecule is CCCc1cc(C(=O)NC2(C)CCCC2)cc(NCC)n1. The maximum absolute atomic E-state index is 12.6. The van der Waals surface area contributed by atoms with Crippen molar-refractivity contribution in [2.45, 2.75) is 64.8 Å². The summed E-state index contributed by atoms with van der Waals surface area (Å²) in [6, 6.07) is 3.79. The van der Waals surface area contributed by atoms with Crippen molar-refractivity contribution in [3.05, 3.63) is 23.4 Å². The minimum atomic E-state index is -0.0381. The molecular weight excluding hydrogens is 262 g/mol. The number of rotatable bonds is 6. The van der Waals surface area contributed by atoms with Crippen molar-refractivity contribution >= 4 is 11.7 Å². The van der Waals surface area contributed by atoms with Crippen LogP contribution in [0.3, 0.4) is 0 Å². The zero-order valence-electron chi connectivity index (χ0n) is 13.5. The van der Waals surface area contributed by atoms with Crippen LogP contribution in [0.1, 0.15) is 68.9 Å². The molecule has 0 unspecified atom stereocenters. The van der Waals surface area contributed by atoms with Gasteiger partial charge in [-0.1, -0.05) is 26.2 Å². The zero-order valence-corrected chi connectivity index (χ0v) is 13.5. The van der Waals surface area contributed by atoms with E-state index in [-0.39, 0.29) is 11.4 Å². The van der Waals surface area contributed by atoms with Gasteiger partial charge in [0.1, 0.15) is 5.82 Å². The first-order chi connectivity index (χ1) is 10.1. The predicted molar refractivity (Wildman–Crippen MR) is 86.7 cm³/mol. The summed E-state index contributed by atoms with van der Waals surface area (Å²) in [6.45, 7) is 7.12. The van der Waals surface area contributed by atoms with Crippen molar-refractivity contribution < 1.29 is 4.79 Å². The molecule has 4 heteroatoms. The molecule has 1 amide bonds. The average Bonchev–Trinajstić information content (AvgIpc) is 2.85. The third-order valence-corrected chi connectivity index (χ3v) is 4.13. The topological polar surface area (TPSA) is 54.0 Å². The fourth-order valence-corrected chi connectivity index (χ4v) is 3.00. The molecule has 1 heterocycles. The highest BCUT2D eigenvalue weighted by atomic mass is 16.1.